The first-order valence-corrected chi connectivity index (χ1v) is 8.42. The Labute approximate surface area is 144 Å². The van der Waals surface area contributed by atoms with Crippen molar-refractivity contribution >= 4 is 22.0 Å². The molecular formula is C17H20BrN3O2. The Hall–Kier alpha value is -1.82. The predicted molar refractivity (Wildman–Crippen MR) is 91.2 cm³/mol. The molecular weight excluding hydrogens is 358 g/mol. The van der Waals surface area contributed by atoms with Gasteiger partial charge in [0.25, 0.3) is 0 Å². The van der Waals surface area contributed by atoms with Gasteiger partial charge in [-0.2, -0.15) is 0 Å². The normalized spacial score (nSPS) is 17.7. The molecule has 6 heteroatoms. The second-order valence-corrected chi connectivity index (χ2v) is 7.56. The van der Waals surface area contributed by atoms with Crippen molar-refractivity contribution < 1.29 is 9.53 Å². The molecule has 0 radical (unpaired) electrons. The molecule has 0 aliphatic carbocycles. The van der Waals surface area contributed by atoms with Crippen LogP contribution in [0.2, 0.25) is 0 Å². The maximum absolute atomic E-state index is 12.7. The van der Waals surface area contributed by atoms with Gasteiger partial charge in [0, 0.05) is 23.1 Å². The van der Waals surface area contributed by atoms with E-state index >= 15 is 0 Å². The largest absolute Gasteiger partial charge is 0.444 e. The van der Waals surface area contributed by atoms with Crippen molar-refractivity contribution in [2.24, 2.45) is 0 Å². The topological polar surface area (TPSA) is 58.2 Å². The Morgan fingerprint density at radius 2 is 2.22 bits per heavy atom. The van der Waals surface area contributed by atoms with Gasteiger partial charge in [0.05, 0.1) is 12.0 Å². The molecule has 23 heavy (non-hydrogen) atoms. The van der Waals surface area contributed by atoms with E-state index in [2.05, 4.69) is 25.9 Å². The highest BCUT2D eigenvalue weighted by Crippen LogP contribution is 2.35. The number of aromatic nitrogens is 2. The molecule has 1 aromatic carbocycles. The number of aromatic amines is 1. The number of carbonyl (C=O) groups is 1. The van der Waals surface area contributed by atoms with E-state index in [1.165, 1.54) is 0 Å². The molecule has 3 rings (SSSR count). The van der Waals surface area contributed by atoms with Crippen LogP contribution in [-0.2, 0) is 11.2 Å². The van der Waals surface area contributed by atoms with Gasteiger partial charge in [-0.25, -0.2) is 9.78 Å². The first-order valence-electron chi connectivity index (χ1n) is 7.62. The van der Waals surface area contributed by atoms with Crippen LogP contribution in [0.3, 0.4) is 0 Å². The van der Waals surface area contributed by atoms with Gasteiger partial charge in [-0.05, 0) is 38.5 Å². The third-order valence-electron chi connectivity index (χ3n) is 3.72. The lowest BCUT2D eigenvalue weighted by Crippen LogP contribution is -2.43. The number of hydrogen-bond donors (Lipinski definition) is 1. The molecule has 0 bridgehead atoms. The molecule has 0 saturated heterocycles. The minimum absolute atomic E-state index is 0.239. The number of H-pyrrole nitrogens is 1. The van der Waals surface area contributed by atoms with Gasteiger partial charge in [0.15, 0.2) is 0 Å². The molecule has 2 aromatic rings. The van der Waals surface area contributed by atoms with E-state index in [-0.39, 0.29) is 12.1 Å². The highest BCUT2D eigenvalue weighted by atomic mass is 79.9. The first-order chi connectivity index (χ1) is 10.8. The lowest BCUT2D eigenvalue weighted by Gasteiger charge is -2.36. The molecule has 5 nitrogen and oxygen atoms in total. The van der Waals surface area contributed by atoms with Crippen LogP contribution in [0.1, 0.15) is 43.8 Å². The Morgan fingerprint density at radius 3 is 2.91 bits per heavy atom. The highest BCUT2D eigenvalue weighted by Gasteiger charge is 2.36. The Balaban J connectivity index is 2.00. The van der Waals surface area contributed by atoms with Gasteiger partial charge in [-0.1, -0.05) is 28.1 Å². The zero-order valence-corrected chi connectivity index (χ0v) is 15.1. The Morgan fingerprint density at radius 1 is 1.43 bits per heavy atom. The number of ether oxygens (including phenoxy) is 1. The molecule has 1 aromatic heterocycles. The van der Waals surface area contributed by atoms with Crippen LogP contribution in [0.5, 0.6) is 0 Å². The van der Waals surface area contributed by atoms with Crippen molar-refractivity contribution in [1.82, 2.24) is 14.9 Å². The van der Waals surface area contributed by atoms with Crippen molar-refractivity contribution in [3.63, 3.8) is 0 Å². The van der Waals surface area contributed by atoms with Crippen LogP contribution in [-0.4, -0.2) is 33.1 Å². The number of carbonyl (C=O) groups excluding carboxylic acids is 1. The van der Waals surface area contributed by atoms with Crippen molar-refractivity contribution in [3.8, 4) is 0 Å². The number of fused-ring (bicyclic) bond motifs is 1. The molecule has 1 N–H and O–H groups in total. The minimum Gasteiger partial charge on any atom is -0.444 e. The molecule has 2 heterocycles. The fourth-order valence-corrected chi connectivity index (χ4v) is 3.23. The summed E-state index contributed by atoms with van der Waals surface area (Å²) in [4.78, 5) is 22.1. The van der Waals surface area contributed by atoms with Crippen LogP contribution in [0, 0.1) is 0 Å². The number of nitrogens with one attached hydrogen (secondary N) is 1. The summed E-state index contributed by atoms with van der Waals surface area (Å²) in [7, 11) is 0. The molecule has 1 aliphatic rings. The average Bonchev–Trinajstić information content (AvgIpc) is 2.92. The maximum Gasteiger partial charge on any atom is 0.411 e. The lowest BCUT2D eigenvalue weighted by atomic mass is 9.96. The van der Waals surface area contributed by atoms with E-state index in [4.69, 9.17) is 4.74 Å². The molecule has 1 atom stereocenters. The minimum atomic E-state index is -0.523. The molecule has 0 spiro atoms. The number of amides is 1. The number of halogens is 1. The highest BCUT2D eigenvalue weighted by molar-refractivity contribution is 9.10. The second-order valence-electron chi connectivity index (χ2n) is 6.65. The van der Waals surface area contributed by atoms with E-state index in [9.17, 15) is 4.79 Å². The number of nitrogens with zero attached hydrogens (tertiary/aromatic N) is 2. The van der Waals surface area contributed by atoms with Gasteiger partial charge < -0.3 is 9.72 Å². The van der Waals surface area contributed by atoms with Crippen LogP contribution in [0.4, 0.5) is 4.79 Å². The SMILES string of the molecule is CC(C)(C)OC(=O)N1CCc2[nH]cnc2C1c1cccc(Br)c1. The molecule has 1 amide bonds. The van der Waals surface area contributed by atoms with Gasteiger partial charge in [-0.3, -0.25) is 4.90 Å². The standard InChI is InChI=1S/C17H20BrN3O2/c1-17(2,3)23-16(22)21-8-7-13-14(20-10-19-13)15(21)11-5-4-6-12(18)9-11/h4-6,9-10,15H,7-8H2,1-3H3,(H,19,20). The summed E-state index contributed by atoms with van der Waals surface area (Å²) < 4.78 is 6.56. The fraction of sp³-hybridized carbons (Fsp3) is 0.412. The fourth-order valence-electron chi connectivity index (χ4n) is 2.81. The van der Waals surface area contributed by atoms with Crippen LogP contribution in [0.15, 0.2) is 35.1 Å². The van der Waals surface area contributed by atoms with Gasteiger partial charge >= 0.3 is 6.09 Å². The summed E-state index contributed by atoms with van der Waals surface area (Å²) >= 11 is 3.50. The van der Waals surface area contributed by atoms with Crippen LogP contribution in [0.25, 0.3) is 0 Å². The van der Waals surface area contributed by atoms with Gasteiger partial charge in [0.1, 0.15) is 11.6 Å². The molecule has 0 saturated carbocycles. The quantitative estimate of drug-likeness (QED) is 0.815. The van der Waals surface area contributed by atoms with E-state index in [1.807, 2.05) is 45.0 Å². The van der Waals surface area contributed by atoms with E-state index in [0.29, 0.717) is 6.54 Å². The van der Waals surface area contributed by atoms with Crippen molar-refractivity contribution in [2.75, 3.05) is 6.54 Å². The monoisotopic (exact) mass is 377 g/mol. The second kappa shape index (κ2) is 6.00. The smallest absolute Gasteiger partial charge is 0.411 e. The van der Waals surface area contributed by atoms with Gasteiger partial charge in [0.2, 0.25) is 0 Å². The molecule has 122 valence electrons. The average molecular weight is 378 g/mol. The van der Waals surface area contributed by atoms with Crippen molar-refractivity contribution in [1.29, 1.82) is 0 Å². The van der Waals surface area contributed by atoms with E-state index < -0.39 is 5.60 Å². The summed E-state index contributed by atoms with van der Waals surface area (Å²) in [6.07, 6.45) is 2.13. The number of rotatable bonds is 1. The summed E-state index contributed by atoms with van der Waals surface area (Å²) in [5.41, 5.74) is 2.46. The molecule has 0 fully saturated rings. The maximum atomic E-state index is 12.7. The van der Waals surface area contributed by atoms with E-state index in [0.717, 1.165) is 27.8 Å². The van der Waals surface area contributed by atoms with Crippen molar-refractivity contribution in [2.45, 2.75) is 38.8 Å². The number of imidazole rings is 1. The Kier molecular flexibility index (Phi) is 4.19. The summed E-state index contributed by atoms with van der Waals surface area (Å²) in [5, 5.41) is 0. The predicted octanol–water partition coefficient (Wildman–Crippen LogP) is 4.05. The van der Waals surface area contributed by atoms with E-state index in [1.54, 1.807) is 11.2 Å². The third-order valence-corrected chi connectivity index (χ3v) is 4.21. The number of benzene rings is 1. The third kappa shape index (κ3) is 3.42. The van der Waals surface area contributed by atoms with Crippen LogP contribution < -0.4 is 0 Å². The summed E-state index contributed by atoms with van der Waals surface area (Å²) in [6.45, 7) is 6.23. The summed E-state index contributed by atoms with van der Waals surface area (Å²) in [6, 6.07) is 7.73. The summed E-state index contributed by atoms with van der Waals surface area (Å²) in [5.74, 6) is 0. The van der Waals surface area contributed by atoms with Gasteiger partial charge in [-0.15, -0.1) is 0 Å². The Bertz CT molecular complexity index is 721. The zero-order valence-electron chi connectivity index (χ0n) is 13.5. The van der Waals surface area contributed by atoms with Crippen LogP contribution >= 0.6 is 15.9 Å². The number of hydrogen-bond acceptors (Lipinski definition) is 3. The molecule has 1 aliphatic heterocycles. The zero-order chi connectivity index (χ0) is 16.6. The van der Waals surface area contributed by atoms with Crippen molar-refractivity contribution in [3.05, 3.63) is 52.0 Å². The lowest BCUT2D eigenvalue weighted by molar-refractivity contribution is 0.0174. The first kappa shape index (κ1) is 16.1. The molecule has 1 unspecified atom stereocenters.